The van der Waals surface area contributed by atoms with Crippen LogP contribution in [0.15, 0.2) is 54.6 Å². The van der Waals surface area contributed by atoms with Gasteiger partial charge in [-0.05, 0) is 48.6 Å². The van der Waals surface area contributed by atoms with Gasteiger partial charge in [-0.2, -0.15) is 4.80 Å². The SMILES string of the molecule is O=C(Cn1nnc(-c2ccccc2)n1)Nc1sc2c(c1-c1nc3ccccc3[nH]1)CCCC2. The van der Waals surface area contributed by atoms with Crippen molar-refractivity contribution < 1.29 is 4.79 Å². The Morgan fingerprint density at radius 1 is 1.06 bits per heavy atom. The van der Waals surface area contributed by atoms with Crippen molar-refractivity contribution in [3.05, 3.63) is 65.0 Å². The predicted molar refractivity (Wildman–Crippen MR) is 128 cm³/mol. The molecule has 1 amide bonds. The van der Waals surface area contributed by atoms with Crippen LogP contribution in [0.3, 0.4) is 0 Å². The van der Waals surface area contributed by atoms with E-state index in [1.165, 1.54) is 21.7 Å². The summed E-state index contributed by atoms with van der Waals surface area (Å²) in [6.45, 7) is -0.0119. The summed E-state index contributed by atoms with van der Waals surface area (Å²) in [6.07, 6.45) is 4.36. The molecule has 9 heteroatoms. The number of carbonyl (C=O) groups is 1. The molecule has 2 N–H and O–H groups in total. The van der Waals surface area contributed by atoms with Gasteiger partial charge in [0.25, 0.3) is 0 Å². The van der Waals surface area contributed by atoms with E-state index in [2.05, 4.69) is 25.7 Å². The first kappa shape index (κ1) is 19.8. The Morgan fingerprint density at radius 3 is 2.76 bits per heavy atom. The number of tetrazole rings is 1. The Bertz CT molecular complexity index is 1420. The van der Waals surface area contributed by atoms with Crippen LogP contribution in [0.4, 0.5) is 5.00 Å². The van der Waals surface area contributed by atoms with Gasteiger partial charge in [0.15, 0.2) is 0 Å². The fraction of sp³-hybridized carbons (Fsp3) is 0.208. The number of amides is 1. The van der Waals surface area contributed by atoms with Crippen LogP contribution in [0, 0.1) is 0 Å². The minimum absolute atomic E-state index is 0.0119. The Kier molecular flexibility index (Phi) is 4.95. The third-order valence-electron chi connectivity index (χ3n) is 5.82. The lowest BCUT2D eigenvalue weighted by Crippen LogP contribution is -2.20. The van der Waals surface area contributed by atoms with Gasteiger partial charge in [-0.3, -0.25) is 4.79 Å². The Balaban J connectivity index is 1.29. The molecule has 164 valence electrons. The van der Waals surface area contributed by atoms with Crippen LogP contribution in [-0.4, -0.2) is 36.1 Å². The summed E-state index contributed by atoms with van der Waals surface area (Å²) in [6, 6.07) is 17.6. The van der Waals surface area contributed by atoms with E-state index < -0.39 is 0 Å². The molecular formula is C24H21N7OS. The molecule has 0 unspecified atom stereocenters. The molecule has 0 saturated heterocycles. The van der Waals surface area contributed by atoms with E-state index in [1.807, 2.05) is 54.6 Å². The maximum Gasteiger partial charge on any atom is 0.248 e. The van der Waals surface area contributed by atoms with E-state index in [9.17, 15) is 4.79 Å². The average molecular weight is 456 g/mol. The first-order chi connectivity index (χ1) is 16.2. The number of hydrogen-bond donors (Lipinski definition) is 2. The minimum atomic E-state index is -0.192. The number of hydrogen-bond acceptors (Lipinski definition) is 6. The van der Waals surface area contributed by atoms with Crippen molar-refractivity contribution in [3.63, 3.8) is 0 Å². The lowest BCUT2D eigenvalue weighted by atomic mass is 9.95. The molecule has 5 aromatic rings. The van der Waals surface area contributed by atoms with Crippen LogP contribution in [0.5, 0.6) is 0 Å². The largest absolute Gasteiger partial charge is 0.338 e. The van der Waals surface area contributed by atoms with Crippen LogP contribution in [0.2, 0.25) is 0 Å². The summed E-state index contributed by atoms with van der Waals surface area (Å²) in [7, 11) is 0. The summed E-state index contributed by atoms with van der Waals surface area (Å²) >= 11 is 1.65. The number of para-hydroxylation sites is 2. The highest BCUT2D eigenvalue weighted by atomic mass is 32.1. The number of nitrogens with zero attached hydrogens (tertiary/aromatic N) is 5. The smallest absolute Gasteiger partial charge is 0.248 e. The third kappa shape index (κ3) is 3.80. The van der Waals surface area contributed by atoms with Crippen molar-refractivity contribution in [1.29, 1.82) is 0 Å². The second-order valence-electron chi connectivity index (χ2n) is 8.08. The van der Waals surface area contributed by atoms with Crippen LogP contribution >= 0.6 is 11.3 Å². The fourth-order valence-electron chi connectivity index (χ4n) is 4.28. The Morgan fingerprint density at radius 2 is 1.88 bits per heavy atom. The summed E-state index contributed by atoms with van der Waals surface area (Å²) in [5.74, 6) is 1.11. The van der Waals surface area contributed by atoms with Crippen molar-refractivity contribution in [2.75, 3.05) is 5.32 Å². The molecule has 1 aliphatic carbocycles. The second kappa shape index (κ2) is 8.25. The van der Waals surface area contributed by atoms with Crippen LogP contribution in [-0.2, 0) is 24.2 Å². The van der Waals surface area contributed by atoms with Crippen molar-refractivity contribution in [3.8, 4) is 22.8 Å². The number of carbonyl (C=O) groups excluding carboxylic acids is 1. The highest BCUT2D eigenvalue weighted by molar-refractivity contribution is 7.17. The van der Waals surface area contributed by atoms with E-state index in [4.69, 9.17) is 4.98 Å². The molecule has 2 aromatic carbocycles. The number of H-pyrrole nitrogens is 1. The van der Waals surface area contributed by atoms with E-state index in [1.54, 1.807) is 11.3 Å². The topological polar surface area (TPSA) is 101 Å². The van der Waals surface area contributed by atoms with Crippen LogP contribution in [0.25, 0.3) is 33.8 Å². The van der Waals surface area contributed by atoms with Gasteiger partial charge in [-0.1, -0.05) is 42.5 Å². The molecule has 1 aliphatic rings. The number of imidazole rings is 1. The van der Waals surface area contributed by atoms with Crippen LogP contribution < -0.4 is 5.32 Å². The Labute approximate surface area is 193 Å². The molecule has 3 heterocycles. The van der Waals surface area contributed by atoms with Gasteiger partial charge in [0.05, 0.1) is 16.6 Å². The molecule has 0 atom stereocenters. The van der Waals surface area contributed by atoms with Gasteiger partial charge in [0.1, 0.15) is 17.4 Å². The van der Waals surface area contributed by atoms with E-state index in [0.29, 0.717) is 5.82 Å². The average Bonchev–Trinajstić information content (AvgIpc) is 3.55. The zero-order valence-corrected chi connectivity index (χ0v) is 18.6. The number of aryl methyl sites for hydroxylation is 1. The summed E-state index contributed by atoms with van der Waals surface area (Å²) < 4.78 is 0. The second-order valence-corrected chi connectivity index (χ2v) is 9.18. The number of aromatic nitrogens is 6. The third-order valence-corrected chi connectivity index (χ3v) is 7.03. The number of fused-ring (bicyclic) bond motifs is 2. The number of anilines is 1. The summed E-state index contributed by atoms with van der Waals surface area (Å²) in [4.78, 5) is 23.8. The predicted octanol–water partition coefficient (Wildman–Crippen LogP) is 4.46. The molecule has 0 bridgehead atoms. The highest BCUT2D eigenvalue weighted by Crippen LogP contribution is 2.43. The molecule has 0 spiro atoms. The first-order valence-corrected chi connectivity index (χ1v) is 11.8. The van der Waals surface area contributed by atoms with Gasteiger partial charge >= 0.3 is 0 Å². The molecule has 0 fully saturated rings. The number of benzene rings is 2. The minimum Gasteiger partial charge on any atom is -0.338 e. The highest BCUT2D eigenvalue weighted by Gasteiger charge is 2.25. The normalized spacial score (nSPS) is 13.2. The molecule has 6 rings (SSSR count). The van der Waals surface area contributed by atoms with Gasteiger partial charge in [-0.15, -0.1) is 21.5 Å². The van der Waals surface area contributed by atoms with Crippen molar-refractivity contribution >= 4 is 33.3 Å². The summed E-state index contributed by atoms with van der Waals surface area (Å²) in [5, 5.41) is 16.4. The van der Waals surface area contributed by atoms with Gasteiger partial charge in [0.2, 0.25) is 11.7 Å². The monoisotopic (exact) mass is 455 g/mol. The first-order valence-electron chi connectivity index (χ1n) is 11.0. The lowest BCUT2D eigenvalue weighted by Gasteiger charge is -2.12. The molecular weight excluding hydrogens is 434 g/mol. The van der Waals surface area contributed by atoms with Crippen molar-refractivity contribution in [1.82, 2.24) is 30.2 Å². The number of aromatic amines is 1. The maximum absolute atomic E-state index is 12.9. The van der Waals surface area contributed by atoms with Gasteiger partial charge < -0.3 is 10.3 Å². The Hall–Kier alpha value is -3.85. The summed E-state index contributed by atoms with van der Waals surface area (Å²) in [5.41, 5.74) is 5.07. The quantitative estimate of drug-likeness (QED) is 0.407. The van der Waals surface area contributed by atoms with E-state index in [-0.39, 0.29) is 12.5 Å². The molecule has 0 radical (unpaired) electrons. The van der Waals surface area contributed by atoms with Crippen molar-refractivity contribution in [2.45, 2.75) is 32.2 Å². The molecule has 8 nitrogen and oxygen atoms in total. The molecule has 33 heavy (non-hydrogen) atoms. The lowest BCUT2D eigenvalue weighted by molar-refractivity contribution is -0.117. The molecule has 0 saturated carbocycles. The fourth-order valence-corrected chi connectivity index (χ4v) is 5.59. The van der Waals surface area contributed by atoms with Crippen molar-refractivity contribution in [2.24, 2.45) is 0 Å². The zero-order chi connectivity index (χ0) is 22.2. The molecule has 3 aromatic heterocycles. The van der Waals surface area contributed by atoms with Gasteiger partial charge in [-0.25, -0.2) is 4.98 Å². The number of rotatable bonds is 5. The zero-order valence-electron chi connectivity index (χ0n) is 17.8. The molecule has 0 aliphatic heterocycles. The maximum atomic E-state index is 12.9. The number of nitrogens with one attached hydrogen (secondary N) is 2. The van der Waals surface area contributed by atoms with E-state index >= 15 is 0 Å². The van der Waals surface area contributed by atoms with E-state index in [0.717, 1.165) is 52.2 Å². The van der Waals surface area contributed by atoms with Crippen LogP contribution in [0.1, 0.15) is 23.3 Å². The van der Waals surface area contributed by atoms with Gasteiger partial charge in [0, 0.05) is 10.4 Å². The number of thiophene rings is 1. The standard InChI is InChI=1S/C24H21N7OS/c32-20(14-31-29-22(28-30-31)15-8-2-1-3-9-15)27-24-21(16-10-4-7-13-19(16)33-24)23-25-17-11-5-6-12-18(17)26-23/h1-3,5-6,8-9,11-12H,4,7,10,13-14H2,(H,25,26)(H,27,32).